The van der Waals surface area contributed by atoms with Crippen LogP contribution in [0.5, 0.6) is 0 Å². The van der Waals surface area contributed by atoms with E-state index in [2.05, 4.69) is 0 Å². The second-order valence-electron chi connectivity index (χ2n) is 5.83. The predicted octanol–water partition coefficient (Wildman–Crippen LogP) is 2.74. The molecule has 0 aromatic heterocycles. The van der Waals surface area contributed by atoms with Gasteiger partial charge in [0.05, 0.1) is 0 Å². The van der Waals surface area contributed by atoms with Gasteiger partial charge in [-0.2, -0.15) is 0 Å². The summed E-state index contributed by atoms with van der Waals surface area (Å²) in [5.74, 6) is -1.24. The fourth-order valence-corrected chi connectivity index (χ4v) is 1.64. The minimum Gasteiger partial charge on any atom is -0.479 e. The Morgan fingerprint density at radius 3 is 1.89 bits per heavy atom. The zero-order valence-electron chi connectivity index (χ0n) is 12.4. The van der Waals surface area contributed by atoms with E-state index in [9.17, 15) is 14.7 Å². The predicted molar refractivity (Wildman–Crippen MR) is 69.5 cm³/mol. The van der Waals surface area contributed by atoms with Crippen LogP contribution in [0.2, 0.25) is 0 Å². The zero-order chi connectivity index (χ0) is 14.7. The summed E-state index contributed by atoms with van der Waals surface area (Å²) < 4.78 is 5.26. The summed E-state index contributed by atoms with van der Waals surface area (Å²) in [4.78, 5) is 24.8. The van der Waals surface area contributed by atoms with Crippen LogP contribution in [0.4, 0.5) is 4.79 Å². The number of carboxylic acid groups (broad SMARTS) is 1. The maximum atomic E-state index is 12.1. The monoisotopic (exact) mass is 259 g/mol. The fourth-order valence-electron chi connectivity index (χ4n) is 1.64. The van der Waals surface area contributed by atoms with Gasteiger partial charge in [-0.1, -0.05) is 13.8 Å². The maximum absolute atomic E-state index is 12.1. The second-order valence-corrected chi connectivity index (χ2v) is 5.83. The molecule has 1 N–H and O–H groups in total. The van der Waals surface area contributed by atoms with Gasteiger partial charge < -0.3 is 9.84 Å². The number of ether oxygens (including phenoxy) is 1. The first-order chi connectivity index (χ1) is 7.96. The molecule has 106 valence electrons. The molecule has 0 saturated heterocycles. The third kappa shape index (κ3) is 3.62. The summed E-state index contributed by atoms with van der Waals surface area (Å²) in [6.45, 7) is 12.4. The van der Waals surface area contributed by atoms with Crippen LogP contribution >= 0.6 is 0 Å². The highest BCUT2D eigenvalue weighted by Crippen LogP contribution is 2.27. The Kier molecular flexibility index (Phi) is 5.20. The molecule has 0 aliphatic heterocycles. The van der Waals surface area contributed by atoms with Gasteiger partial charge in [-0.3, -0.25) is 4.90 Å². The SMILES string of the molecule is CCN(C(=O)OC(C)(C)C)C(C)(C(=O)O)C(C)C. The minimum atomic E-state index is -1.27. The van der Waals surface area contributed by atoms with Crippen molar-refractivity contribution in [2.45, 2.75) is 59.6 Å². The van der Waals surface area contributed by atoms with E-state index >= 15 is 0 Å². The molecule has 1 atom stereocenters. The lowest BCUT2D eigenvalue weighted by atomic mass is 9.87. The highest BCUT2D eigenvalue weighted by Gasteiger charge is 2.45. The average Bonchev–Trinajstić information content (AvgIpc) is 2.14. The van der Waals surface area contributed by atoms with E-state index in [1.165, 1.54) is 4.90 Å². The van der Waals surface area contributed by atoms with Crippen LogP contribution in [0, 0.1) is 5.92 Å². The number of hydrogen-bond donors (Lipinski definition) is 1. The van der Waals surface area contributed by atoms with Gasteiger partial charge in [-0.25, -0.2) is 9.59 Å². The van der Waals surface area contributed by atoms with Crippen molar-refractivity contribution >= 4 is 12.1 Å². The molecule has 0 heterocycles. The normalized spacial score (nSPS) is 15.1. The Balaban J connectivity index is 5.29. The third-order valence-corrected chi connectivity index (χ3v) is 3.05. The molecule has 0 aromatic rings. The van der Waals surface area contributed by atoms with Crippen LogP contribution in [0.1, 0.15) is 48.5 Å². The number of aliphatic carboxylic acids is 1. The molecule has 18 heavy (non-hydrogen) atoms. The van der Waals surface area contributed by atoms with Crippen molar-refractivity contribution in [1.82, 2.24) is 4.90 Å². The van der Waals surface area contributed by atoms with Crippen LogP contribution in [-0.2, 0) is 9.53 Å². The number of carbonyl (C=O) groups is 2. The van der Waals surface area contributed by atoms with Crippen molar-refractivity contribution in [3.8, 4) is 0 Å². The Morgan fingerprint density at radius 2 is 1.67 bits per heavy atom. The lowest BCUT2D eigenvalue weighted by Crippen LogP contribution is -2.59. The van der Waals surface area contributed by atoms with Gasteiger partial charge in [0, 0.05) is 6.54 Å². The summed E-state index contributed by atoms with van der Waals surface area (Å²) in [6.07, 6.45) is -0.594. The van der Waals surface area contributed by atoms with Crippen molar-refractivity contribution < 1.29 is 19.4 Å². The number of hydrogen-bond acceptors (Lipinski definition) is 3. The first-order valence-electron chi connectivity index (χ1n) is 6.20. The average molecular weight is 259 g/mol. The van der Waals surface area contributed by atoms with Crippen LogP contribution < -0.4 is 0 Å². The van der Waals surface area contributed by atoms with Gasteiger partial charge in [-0.15, -0.1) is 0 Å². The Morgan fingerprint density at radius 1 is 1.22 bits per heavy atom. The van der Waals surface area contributed by atoms with Gasteiger partial charge >= 0.3 is 12.1 Å². The van der Waals surface area contributed by atoms with Crippen LogP contribution in [0.15, 0.2) is 0 Å². The highest BCUT2D eigenvalue weighted by atomic mass is 16.6. The van der Waals surface area contributed by atoms with Crippen molar-refractivity contribution in [1.29, 1.82) is 0 Å². The molecule has 5 heteroatoms. The molecule has 0 aliphatic rings. The number of likely N-dealkylation sites (N-methyl/N-ethyl adjacent to an activating group) is 1. The maximum Gasteiger partial charge on any atom is 0.411 e. The number of carboxylic acids is 1. The van der Waals surface area contributed by atoms with E-state index in [4.69, 9.17) is 4.74 Å². The van der Waals surface area contributed by atoms with Crippen molar-refractivity contribution in [2.24, 2.45) is 5.92 Å². The Hall–Kier alpha value is -1.26. The molecule has 1 unspecified atom stereocenters. The molecule has 0 fully saturated rings. The second kappa shape index (κ2) is 5.59. The van der Waals surface area contributed by atoms with Crippen LogP contribution in [0.3, 0.4) is 0 Å². The van der Waals surface area contributed by atoms with Gasteiger partial charge in [0.2, 0.25) is 0 Å². The van der Waals surface area contributed by atoms with E-state index < -0.39 is 23.2 Å². The van der Waals surface area contributed by atoms with Crippen molar-refractivity contribution in [3.63, 3.8) is 0 Å². The van der Waals surface area contributed by atoms with Gasteiger partial charge in [0.25, 0.3) is 0 Å². The van der Waals surface area contributed by atoms with E-state index in [1.807, 2.05) is 0 Å². The van der Waals surface area contributed by atoms with Crippen LogP contribution in [-0.4, -0.2) is 39.8 Å². The largest absolute Gasteiger partial charge is 0.479 e. The summed E-state index contributed by atoms with van der Waals surface area (Å²) in [7, 11) is 0. The van der Waals surface area contributed by atoms with E-state index in [1.54, 1.807) is 48.5 Å². The quantitative estimate of drug-likeness (QED) is 0.843. The lowest BCUT2D eigenvalue weighted by Gasteiger charge is -2.40. The molecular weight excluding hydrogens is 234 g/mol. The van der Waals surface area contributed by atoms with Gasteiger partial charge in [0.15, 0.2) is 0 Å². The molecule has 5 nitrogen and oxygen atoms in total. The van der Waals surface area contributed by atoms with Crippen LogP contribution in [0.25, 0.3) is 0 Å². The summed E-state index contributed by atoms with van der Waals surface area (Å²) in [5.41, 5.74) is -1.90. The Bertz CT molecular complexity index is 319. The molecule has 0 aliphatic carbocycles. The third-order valence-electron chi connectivity index (χ3n) is 3.05. The first kappa shape index (κ1) is 16.7. The fraction of sp³-hybridized carbons (Fsp3) is 0.846. The molecule has 0 saturated carbocycles. The van der Waals surface area contributed by atoms with Gasteiger partial charge in [0.1, 0.15) is 11.1 Å². The molecule has 1 amide bonds. The smallest absolute Gasteiger partial charge is 0.411 e. The highest BCUT2D eigenvalue weighted by molar-refractivity contribution is 5.84. The van der Waals surface area contributed by atoms with Crippen molar-refractivity contribution in [2.75, 3.05) is 6.54 Å². The van der Waals surface area contributed by atoms with E-state index in [0.717, 1.165) is 0 Å². The topological polar surface area (TPSA) is 66.8 Å². The molecule has 0 radical (unpaired) electrons. The summed E-state index contributed by atoms with van der Waals surface area (Å²) in [5, 5.41) is 9.40. The first-order valence-corrected chi connectivity index (χ1v) is 6.20. The number of nitrogens with zero attached hydrogens (tertiary/aromatic N) is 1. The molecule has 0 bridgehead atoms. The Labute approximate surface area is 109 Å². The van der Waals surface area contributed by atoms with E-state index in [-0.39, 0.29) is 12.5 Å². The number of carbonyl (C=O) groups excluding carboxylic acids is 1. The zero-order valence-corrected chi connectivity index (χ0v) is 12.4. The van der Waals surface area contributed by atoms with Crippen molar-refractivity contribution in [3.05, 3.63) is 0 Å². The summed E-state index contributed by atoms with van der Waals surface area (Å²) >= 11 is 0. The molecule has 0 rings (SSSR count). The number of amides is 1. The standard InChI is InChI=1S/C13H25NO4/c1-8-14(11(17)18-12(4,5)6)13(7,9(2)3)10(15)16/h9H,8H2,1-7H3,(H,15,16). The molecule has 0 aromatic carbocycles. The van der Waals surface area contributed by atoms with E-state index in [0.29, 0.717) is 0 Å². The molecular formula is C13H25NO4. The lowest BCUT2D eigenvalue weighted by molar-refractivity contribution is -0.153. The summed E-state index contributed by atoms with van der Waals surface area (Å²) in [6, 6.07) is 0. The number of rotatable bonds is 4. The molecule has 0 spiro atoms. The van der Waals surface area contributed by atoms with Gasteiger partial charge in [-0.05, 0) is 40.5 Å². The minimum absolute atomic E-state index is 0.220.